The summed E-state index contributed by atoms with van der Waals surface area (Å²) < 4.78 is 8.04. The van der Waals surface area contributed by atoms with Gasteiger partial charge in [-0.05, 0) is 49.6 Å². The summed E-state index contributed by atoms with van der Waals surface area (Å²) in [5.74, 6) is 0.898. The van der Waals surface area contributed by atoms with E-state index in [9.17, 15) is 4.79 Å². The maximum Gasteiger partial charge on any atom is 0.322 e. The molecular weight excluding hydrogens is 480 g/mol. The number of aromatic nitrogens is 4. The van der Waals surface area contributed by atoms with Gasteiger partial charge in [0, 0.05) is 57.1 Å². The Morgan fingerprint density at radius 2 is 1.92 bits per heavy atom. The number of nitrogens with zero attached hydrogens (tertiary/aromatic N) is 7. The first-order valence-corrected chi connectivity index (χ1v) is 13.5. The maximum absolute atomic E-state index is 11.9. The van der Waals surface area contributed by atoms with Crippen LogP contribution in [0.3, 0.4) is 0 Å². The van der Waals surface area contributed by atoms with Crippen LogP contribution in [0.4, 0.5) is 11.6 Å². The highest BCUT2D eigenvalue weighted by Gasteiger charge is 2.22. The van der Waals surface area contributed by atoms with Gasteiger partial charge < -0.3 is 24.8 Å². The number of anilines is 2. The monoisotopic (exact) mass is 518 g/mol. The second-order valence-corrected chi connectivity index (χ2v) is 10.5. The number of nitrogens with one attached hydrogen (secondary N) is 1. The topological polar surface area (TPSA) is 91.1 Å². The molecule has 10 heteroatoms. The fraction of sp³-hybridized carbons (Fsp3) is 0.500. The van der Waals surface area contributed by atoms with Crippen molar-refractivity contribution >= 4 is 23.2 Å². The number of amides is 1. The minimum Gasteiger partial charge on any atom is -0.460 e. The van der Waals surface area contributed by atoms with Crippen molar-refractivity contribution in [3.05, 3.63) is 54.2 Å². The number of piperazine rings is 1. The summed E-state index contributed by atoms with van der Waals surface area (Å²) in [5.41, 5.74) is 4.13. The van der Waals surface area contributed by atoms with E-state index in [1.165, 1.54) is 6.08 Å². The van der Waals surface area contributed by atoms with Crippen molar-refractivity contribution in [2.75, 3.05) is 56.5 Å². The van der Waals surface area contributed by atoms with E-state index >= 15 is 0 Å². The van der Waals surface area contributed by atoms with Crippen molar-refractivity contribution in [2.45, 2.75) is 45.3 Å². The summed E-state index contributed by atoms with van der Waals surface area (Å²) in [7, 11) is 2.14. The molecule has 0 saturated carbocycles. The van der Waals surface area contributed by atoms with E-state index in [0.29, 0.717) is 31.6 Å². The molecule has 0 radical (unpaired) electrons. The average molecular weight is 519 g/mol. The van der Waals surface area contributed by atoms with E-state index in [1.807, 2.05) is 11.1 Å². The van der Waals surface area contributed by atoms with Crippen LogP contribution in [0.15, 0.2) is 43.1 Å². The van der Waals surface area contributed by atoms with E-state index in [-0.39, 0.29) is 17.9 Å². The molecule has 38 heavy (non-hydrogen) atoms. The number of hydrogen-bond acceptors (Lipinski definition) is 8. The highest BCUT2D eigenvalue weighted by atomic mass is 16.5. The van der Waals surface area contributed by atoms with Crippen molar-refractivity contribution in [1.29, 1.82) is 0 Å². The normalized spacial score (nSPS) is 17.3. The van der Waals surface area contributed by atoms with Crippen LogP contribution in [0.25, 0.3) is 5.65 Å². The molecule has 1 amide bonds. The highest BCUT2D eigenvalue weighted by molar-refractivity contribution is 5.87. The third-order valence-electron chi connectivity index (χ3n) is 7.43. The molecule has 2 saturated heterocycles. The van der Waals surface area contributed by atoms with Crippen LogP contribution < -0.4 is 15.0 Å². The molecule has 4 heterocycles. The summed E-state index contributed by atoms with van der Waals surface area (Å²) in [4.78, 5) is 27.9. The second kappa shape index (κ2) is 11.4. The predicted octanol–water partition coefficient (Wildman–Crippen LogP) is 3.17. The standard InChI is InChI=1S/C28H38N8O2/c1-5-25(37)35-15-13-34(14-16-35)22-8-6-7-21(17-22)18-29-27-32-28(38-23-9-11-33(4)12-10-23)31-26-24(20(2)3)19-30-36(26)27/h5-8,17,19-20,23H,1,9-16,18H2,2-4H3,(H,29,31,32). The first-order chi connectivity index (χ1) is 18.4. The molecule has 0 aliphatic carbocycles. The Morgan fingerprint density at radius 3 is 2.63 bits per heavy atom. The van der Waals surface area contributed by atoms with Gasteiger partial charge in [0.1, 0.15) is 6.10 Å². The van der Waals surface area contributed by atoms with Crippen molar-refractivity contribution in [3.8, 4) is 6.01 Å². The number of ether oxygens (including phenoxy) is 1. The first kappa shape index (κ1) is 26.0. The van der Waals surface area contributed by atoms with Crippen molar-refractivity contribution in [3.63, 3.8) is 0 Å². The van der Waals surface area contributed by atoms with E-state index < -0.39 is 0 Å². The molecule has 5 rings (SSSR count). The summed E-state index contributed by atoms with van der Waals surface area (Å²) >= 11 is 0. The van der Waals surface area contributed by atoms with Crippen LogP contribution in [0.2, 0.25) is 0 Å². The van der Waals surface area contributed by atoms with Crippen LogP contribution >= 0.6 is 0 Å². The van der Waals surface area contributed by atoms with Gasteiger partial charge in [-0.1, -0.05) is 32.6 Å². The summed E-state index contributed by atoms with van der Waals surface area (Å²) in [5, 5.41) is 8.07. The Balaban J connectivity index is 1.32. The number of rotatable bonds is 8. The molecule has 0 atom stereocenters. The quantitative estimate of drug-likeness (QED) is 0.455. The number of carbonyl (C=O) groups excluding carboxylic acids is 1. The molecule has 3 aromatic rings. The molecule has 1 aromatic carbocycles. The molecule has 202 valence electrons. The van der Waals surface area contributed by atoms with Gasteiger partial charge in [0.15, 0.2) is 5.65 Å². The zero-order chi connectivity index (χ0) is 26.6. The minimum absolute atomic E-state index is 0.00261. The molecule has 0 bridgehead atoms. The van der Waals surface area contributed by atoms with Crippen molar-refractivity contribution < 1.29 is 9.53 Å². The molecule has 2 aromatic heterocycles. The molecule has 1 N–H and O–H groups in total. The zero-order valence-electron chi connectivity index (χ0n) is 22.6. The van der Waals surface area contributed by atoms with Crippen LogP contribution in [-0.4, -0.2) is 87.7 Å². The van der Waals surface area contributed by atoms with E-state index in [4.69, 9.17) is 14.7 Å². The van der Waals surface area contributed by atoms with Crippen molar-refractivity contribution in [2.24, 2.45) is 0 Å². The van der Waals surface area contributed by atoms with Gasteiger partial charge in [-0.3, -0.25) is 4.79 Å². The van der Waals surface area contributed by atoms with Crippen LogP contribution in [-0.2, 0) is 11.3 Å². The Morgan fingerprint density at radius 1 is 1.16 bits per heavy atom. The predicted molar refractivity (Wildman–Crippen MR) is 149 cm³/mol. The van der Waals surface area contributed by atoms with E-state index in [0.717, 1.165) is 61.5 Å². The molecule has 0 unspecified atom stereocenters. The summed E-state index contributed by atoms with van der Waals surface area (Å²) in [6.07, 6.45) is 5.31. The first-order valence-electron chi connectivity index (χ1n) is 13.5. The Bertz CT molecular complexity index is 1270. The fourth-order valence-electron chi connectivity index (χ4n) is 5.06. The number of hydrogen-bond donors (Lipinski definition) is 1. The highest BCUT2D eigenvalue weighted by Crippen LogP contribution is 2.25. The lowest BCUT2D eigenvalue weighted by Crippen LogP contribution is -2.48. The smallest absolute Gasteiger partial charge is 0.322 e. The number of likely N-dealkylation sites (tertiary alicyclic amines) is 1. The van der Waals surface area contributed by atoms with E-state index in [2.05, 4.69) is 72.0 Å². The SMILES string of the molecule is C=CC(=O)N1CCN(c2cccc(CNc3nc(OC4CCN(C)CC4)nc4c(C(C)C)cnn34)c2)CC1. The van der Waals surface area contributed by atoms with Crippen LogP contribution in [0.5, 0.6) is 6.01 Å². The lowest BCUT2D eigenvalue weighted by molar-refractivity contribution is -0.126. The van der Waals surface area contributed by atoms with Gasteiger partial charge in [0.2, 0.25) is 11.9 Å². The van der Waals surface area contributed by atoms with Gasteiger partial charge in [-0.2, -0.15) is 19.6 Å². The third kappa shape index (κ3) is 5.75. The molecule has 10 nitrogen and oxygen atoms in total. The molecule has 2 fully saturated rings. The number of carbonyl (C=O) groups is 1. The fourth-order valence-corrected chi connectivity index (χ4v) is 5.06. The Kier molecular flexibility index (Phi) is 7.78. The van der Waals surface area contributed by atoms with E-state index in [1.54, 1.807) is 4.52 Å². The van der Waals surface area contributed by atoms with Gasteiger partial charge in [0.05, 0.1) is 6.20 Å². The molecule has 0 spiro atoms. The van der Waals surface area contributed by atoms with Gasteiger partial charge in [-0.15, -0.1) is 0 Å². The van der Waals surface area contributed by atoms with Crippen molar-refractivity contribution in [1.82, 2.24) is 29.4 Å². The van der Waals surface area contributed by atoms with Gasteiger partial charge in [-0.25, -0.2) is 0 Å². The van der Waals surface area contributed by atoms with Gasteiger partial charge >= 0.3 is 6.01 Å². The second-order valence-electron chi connectivity index (χ2n) is 10.5. The zero-order valence-corrected chi connectivity index (χ0v) is 22.6. The largest absolute Gasteiger partial charge is 0.460 e. The Labute approximate surface area is 224 Å². The lowest BCUT2D eigenvalue weighted by atomic mass is 10.1. The molecular formula is C28H38N8O2. The lowest BCUT2D eigenvalue weighted by Gasteiger charge is -2.35. The number of piperidine rings is 1. The van der Waals surface area contributed by atoms with Gasteiger partial charge in [0.25, 0.3) is 0 Å². The molecule has 2 aliphatic heterocycles. The minimum atomic E-state index is -0.00261. The average Bonchev–Trinajstić information content (AvgIpc) is 3.37. The molecule has 2 aliphatic rings. The summed E-state index contributed by atoms with van der Waals surface area (Å²) in [6, 6.07) is 8.88. The maximum atomic E-state index is 11.9. The number of fused-ring (bicyclic) bond motifs is 1. The van der Waals surface area contributed by atoms with Crippen LogP contribution in [0.1, 0.15) is 43.7 Å². The summed E-state index contributed by atoms with van der Waals surface area (Å²) in [6.45, 7) is 13.5. The number of benzene rings is 1. The third-order valence-corrected chi connectivity index (χ3v) is 7.43. The van der Waals surface area contributed by atoms with Crippen LogP contribution in [0, 0.1) is 0 Å². The Hall–Kier alpha value is -3.66.